The fourth-order valence-electron chi connectivity index (χ4n) is 4.66. The van der Waals surface area contributed by atoms with Crippen molar-refractivity contribution in [2.45, 2.75) is 19.9 Å². The van der Waals surface area contributed by atoms with Gasteiger partial charge < -0.3 is 19.6 Å². The molecule has 1 fully saturated rings. The average molecular weight is 464 g/mol. The number of carboxylic acid groups (broad SMARTS) is 1. The van der Waals surface area contributed by atoms with Crippen molar-refractivity contribution in [2.75, 3.05) is 37.6 Å². The molecule has 0 aliphatic carbocycles. The molecule has 1 aliphatic rings. The van der Waals surface area contributed by atoms with Gasteiger partial charge in [-0.05, 0) is 31.2 Å². The number of piperazine rings is 1. The first-order chi connectivity index (χ1) is 16.4. The van der Waals surface area contributed by atoms with Crippen molar-refractivity contribution in [1.82, 2.24) is 19.4 Å². The number of carbonyl (C=O) groups is 1. The molecule has 4 aromatic rings. The van der Waals surface area contributed by atoms with E-state index in [1.807, 2.05) is 36.1 Å². The molecule has 8 nitrogen and oxygen atoms in total. The second-order valence-electron chi connectivity index (χ2n) is 8.56. The summed E-state index contributed by atoms with van der Waals surface area (Å²) in [5.74, 6) is -0.856. The van der Waals surface area contributed by atoms with Crippen molar-refractivity contribution in [1.29, 1.82) is 0 Å². The van der Waals surface area contributed by atoms with Crippen LogP contribution >= 0.6 is 0 Å². The molecule has 2 aromatic heterocycles. The highest BCUT2D eigenvalue weighted by Gasteiger charge is 2.22. The highest BCUT2D eigenvalue weighted by atomic mass is 19.1. The lowest BCUT2D eigenvalue weighted by Gasteiger charge is -2.36. The molecule has 1 saturated heterocycles. The fraction of sp³-hybridized carbons (Fsp3) is 0.320. The Bertz CT molecular complexity index is 1400. The molecule has 5 rings (SSSR count). The Morgan fingerprint density at radius 3 is 2.65 bits per heavy atom. The maximum absolute atomic E-state index is 15.1. The largest absolute Gasteiger partial charge is 0.477 e. The number of rotatable bonds is 6. The normalized spacial score (nSPS) is 14.8. The first kappa shape index (κ1) is 22.1. The minimum atomic E-state index is -1.31. The maximum atomic E-state index is 15.1. The predicted octanol–water partition coefficient (Wildman–Crippen LogP) is 3.10. The van der Waals surface area contributed by atoms with Crippen molar-refractivity contribution >= 4 is 33.6 Å². The number of imidazole rings is 1. The van der Waals surface area contributed by atoms with Crippen molar-refractivity contribution in [3.8, 4) is 0 Å². The Kier molecular flexibility index (Phi) is 5.79. The van der Waals surface area contributed by atoms with E-state index in [0.29, 0.717) is 30.8 Å². The number of hydrogen-bond acceptors (Lipinski definition) is 5. The van der Waals surface area contributed by atoms with E-state index in [1.165, 1.54) is 12.3 Å². The van der Waals surface area contributed by atoms with E-state index >= 15 is 4.39 Å². The number of aryl methyl sites for hydroxylation is 1. The molecular formula is C25H26FN5O3. The van der Waals surface area contributed by atoms with Crippen molar-refractivity contribution in [3.05, 3.63) is 70.0 Å². The molecule has 2 aromatic carbocycles. The lowest BCUT2D eigenvalue weighted by Crippen LogP contribution is -2.47. The summed E-state index contributed by atoms with van der Waals surface area (Å²) in [6.45, 7) is 6.09. The second kappa shape index (κ2) is 8.90. The molecule has 176 valence electrons. The van der Waals surface area contributed by atoms with Gasteiger partial charge in [-0.3, -0.25) is 9.69 Å². The SMILES string of the molecule is CCn1cc(C(=O)O)c(=O)c2cc(F)c(N3CCN(CCc4nc5ccccc5[nH]4)CC3)cc21. The van der Waals surface area contributed by atoms with Gasteiger partial charge in [0.05, 0.1) is 22.2 Å². The summed E-state index contributed by atoms with van der Waals surface area (Å²) in [5.41, 5.74) is 1.98. The van der Waals surface area contributed by atoms with Crippen LogP contribution in [-0.4, -0.2) is 63.2 Å². The van der Waals surface area contributed by atoms with Gasteiger partial charge in [-0.1, -0.05) is 12.1 Å². The number of benzene rings is 2. The molecular weight excluding hydrogens is 437 g/mol. The van der Waals surface area contributed by atoms with Gasteiger partial charge in [0.25, 0.3) is 0 Å². The average Bonchev–Trinajstić information content (AvgIpc) is 3.26. The number of para-hydroxylation sites is 2. The van der Waals surface area contributed by atoms with Crippen LogP contribution in [-0.2, 0) is 13.0 Å². The third kappa shape index (κ3) is 4.03. The summed E-state index contributed by atoms with van der Waals surface area (Å²) in [4.78, 5) is 36.3. The quantitative estimate of drug-likeness (QED) is 0.456. The zero-order valence-electron chi connectivity index (χ0n) is 18.9. The molecule has 2 N–H and O–H groups in total. The molecule has 0 unspecified atom stereocenters. The number of nitrogens with one attached hydrogen (secondary N) is 1. The Hall–Kier alpha value is -3.72. The number of H-pyrrole nitrogens is 1. The van der Waals surface area contributed by atoms with Crippen LogP contribution in [0, 0.1) is 5.82 Å². The minimum absolute atomic E-state index is 0.0903. The molecule has 34 heavy (non-hydrogen) atoms. The maximum Gasteiger partial charge on any atom is 0.341 e. The van der Waals surface area contributed by atoms with Crippen LogP contribution in [0.1, 0.15) is 23.1 Å². The summed E-state index contributed by atoms with van der Waals surface area (Å²) in [6, 6.07) is 10.8. The summed E-state index contributed by atoms with van der Waals surface area (Å²) in [5, 5.41) is 9.42. The molecule has 1 aliphatic heterocycles. The lowest BCUT2D eigenvalue weighted by atomic mass is 10.1. The number of nitrogens with zero attached hydrogens (tertiary/aromatic N) is 4. The molecule has 0 bridgehead atoms. The van der Waals surface area contributed by atoms with Crippen LogP contribution in [0.5, 0.6) is 0 Å². The van der Waals surface area contributed by atoms with Gasteiger partial charge in [0.2, 0.25) is 5.43 Å². The number of carboxylic acids is 1. The molecule has 0 radical (unpaired) electrons. The van der Waals surface area contributed by atoms with E-state index in [0.717, 1.165) is 42.9 Å². The first-order valence-electron chi connectivity index (χ1n) is 11.5. The van der Waals surface area contributed by atoms with Crippen LogP contribution in [0.25, 0.3) is 21.9 Å². The summed E-state index contributed by atoms with van der Waals surface area (Å²) in [6.07, 6.45) is 2.15. The van der Waals surface area contributed by atoms with Gasteiger partial charge in [-0.25, -0.2) is 14.2 Å². The predicted molar refractivity (Wildman–Crippen MR) is 129 cm³/mol. The van der Waals surface area contributed by atoms with Crippen molar-refractivity contribution in [2.24, 2.45) is 0 Å². The van der Waals surface area contributed by atoms with Gasteiger partial charge in [0, 0.05) is 57.3 Å². The molecule has 0 amide bonds. The first-order valence-corrected chi connectivity index (χ1v) is 11.5. The fourth-order valence-corrected chi connectivity index (χ4v) is 4.66. The third-order valence-corrected chi connectivity index (χ3v) is 6.54. The molecule has 9 heteroatoms. The highest BCUT2D eigenvalue weighted by Crippen LogP contribution is 2.26. The number of aromatic nitrogens is 3. The van der Waals surface area contributed by atoms with Gasteiger partial charge >= 0.3 is 5.97 Å². The number of aromatic carboxylic acids is 1. The second-order valence-corrected chi connectivity index (χ2v) is 8.56. The summed E-state index contributed by atoms with van der Waals surface area (Å²) < 4.78 is 16.7. The highest BCUT2D eigenvalue weighted by molar-refractivity contribution is 5.93. The Morgan fingerprint density at radius 2 is 1.94 bits per heavy atom. The monoisotopic (exact) mass is 463 g/mol. The van der Waals surface area contributed by atoms with Crippen LogP contribution in [0.4, 0.5) is 10.1 Å². The van der Waals surface area contributed by atoms with Crippen LogP contribution in [0.2, 0.25) is 0 Å². The number of halogens is 1. The lowest BCUT2D eigenvalue weighted by molar-refractivity contribution is 0.0695. The number of hydrogen-bond donors (Lipinski definition) is 2. The van der Waals surface area contributed by atoms with Gasteiger partial charge in [0.1, 0.15) is 17.2 Å². The number of pyridine rings is 1. The summed E-state index contributed by atoms with van der Waals surface area (Å²) >= 11 is 0. The van der Waals surface area contributed by atoms with Crippen LogP contribution < -0.4 is 10.3 Å². The molecule has 0 spiro atoms. The minimum Gasteiger partial charge on any atom is -0.477 e. The smallest absolute Gasteiger partial charge is 0.341 e. The van der Waals surface area contributed by atoms with E-state index in [4.69, 9.17) is 0 Å². The zero-order chi connectivity index (χ0) is 23.8. The topological polar surface area (TPSA) is 94.5 Å². The Morgan fingerprint density at radius 1 is 1.18 bits per heavy atom. The zero-order valence-corrected chi connectivity index (χ0v) is 18.9. The summed E-state index contributed by atoms with van der Waals surface area (Å²) in [7, 11) is 0. The molecule has 3 heterocycles. The van der Waals surface area contributed by atoms with Crippen LogP contribution in [0.15, 0.2) is 47.4 Å². The number of aromatic amines is 1. The van der Waals surface area contributed by atoms with E-state index in [1.54, 1.807) is 10.6 Å². The van der Waals surface area contributed by atoms with E-state index in [9.17, 15) is 14.7 Å². The Balaban J connectivity index is 1.31. The Labute approximate surface area is 195 Å². The van der Waals surface area contributed by atoms with Crippen molar-refractivity contribution in [3.63, 3.8) is 0 Å². The van der Waals surface area contributed by atoms with E-state index < -0.39 is 17.2 Å². The van der Waals surface area contributed by atoms with E-state index in [2.05, 4.69) is 14.9 Å². The van der Waals surface area contributed by atoms with E-state index in [-0.39, 0.29) is 10.9 Å². The molecule has 0 saturated carbocycles. The molecule has 0 atom stereocenters. The van der Waals surface area contributed by atoms with Gasteiger partial charge in [-0.2, -0.15) is 0 Å². The van der Waals surface area contributed by atoms with Gasteiger partial charge in [-0.15, -0.1) is 0 Å². The standard InChI is InChI=1S/C25H26FN5O3/c1-2-30-15-17(25(33)34)24(32)16-13-18(26)22(14-21(16)30)31-11-9-29(10-12-31)8-7-23-27-19-5-3-4-6-20(19)28-23/h3-6,13-15H,2,7-12H2,1H3,(H,27,28)(H,33,34). The van der Waals surface area contributed by atoms with Gasteiger partial charge in [0.15, 0.2) is 0 Å². The van der Waals surface area contributed by atoms with Crippen LogP contribution in [0.3, 0.4) is 0 Å². The van der Waals surface area contributed by atoms with Crippen molar-refractivity contribution < 1.29 is 14.3 Å². The number of anilines is 1. The number of fused-ring (bicyclic) bond motifs is 2. The third-order valence-electron chi connectivity index (χ3n) is 6.54.